The van der Waals surface area contributed by atoms with Crippen LogP contribution in [0, 0.1) is 12.7 Å². The zero-order valence-electron chi connectivity index (χ0n) is 9.14. The fourth-order valence-corrected chi connectivity index (χ4v) is 1.62. The van der Waals surface area contributed by atoms with E-state index in [0.29, 0.717) is 16.7 Å². The Hall–Kier alpha value is -2.23. The zero-order chi connectivity index (χ0) is 12.4. The Bertz CT molecular complexity index is 581. The van der Waals surface area contributed by atoms with E-state index in [1.165, 1.54) is 12.3 Å². The predicted octanol–water partition coefficient (Wildman–Crippen LogP) is 2.89. The summed E-state index contributed by atoms with van der Waals surface area (Å²) in [6.45, 7) is 1.63. The van der Waals surface area contributed by atoms with Crippen LogP contribution in [0.3, 0.4) is 0 Å². The number of hydrogen-bond acceptors (Lipinski definition) is 2. The molecule has 0 amide bonds. The molecule has 1 aromatic carbocycles. The predicted molar refractivity (Wildman–Crippen MR) is 61.3 cm³/mol. The van der Waals surface area contributed by atoms with Gasteiger partial charge in [-0.3, -0.25) is 0 Å². The molecule has 0 saturated carbocycles. The minimum absolute atomic E-state index is 0.0292. The molecule has 1 aromatic heterocycles. The minimum atomic E-state index is -1.09. The fraction of sp³-hybridized carbons (Fsp3) is 0.0769. The second kappa shape index (κ2) is 4.33. The summed E-state index contributed by atoms with van der Waals surface area (Å²) in [6, 6.07) is 7.79. The number of aromatic nitrogens is 1. The molecule has 0 radical (unpaired) electrons. The third kappa shape index (κ3) is 2.15. The third-order valence-electron chi connectivity index (χ3n) is 2.48. The molecule has 17 heavy (non-hydrogen) atoms. The van der Waals surface area contributed by atoms with Crippen molar-refractivity contribution in [2.45, 2.75) is 6.92 Å². The number of aromatic carboxylic acids is 1. The highest BCUT2D eigenvalue weighted by Crippen LogP contribution is 2.24. The lowest BCUT2D eigenvalue weighted by atomic mass is 10.0. The molecule has 0 bridgehead atoms. The van der Waals surface area contributed by atoms with E-state index >= 15 is 0 Å². The van der Waals surface area contributed by atoms with Crippen LogP contribution in [0.5, 0.6) is 0 Å². The normalized spacial score (nSPS) is 10.2. The molecule has 2 rings (SSSR count). The van der Waals surface area contributed by atoms with Gasteiger partial charge in [-0.2, -0.15) is 0 Å². The second-order valence-electron chi connectivity index (χ2n) is 3.67. The van der Waals surface area contributed by atoms with Crippen molar-refractivity contribution in [3.8, 4) is 11.1 Å². The van der Waals surface area contributed by atoms with Gasteiger partial charge < -0.3 is 5.11 Å². The highest BCUT2D eigenvalue weighted by atomic mass is 19.1. The van der Waals surface area contributed by atoms with Crippen molar-refractivity contribution >= 4 is 5.97 Å². The highest BCUT2D eigenvalue weighted by molar-refractivity contribution is 5.93. The standard InChI is InChI=1S/C13H10FNO2/c1-8-7-9(4-5-11(8)14)10-3-2-6-15-12(10)13(16)17/h2-7H,1H3,(H,16,17). The van der Waals surface area contributed by atoms with Gasteiger partial charge in [0.2, 0.25) is 0 Å². The van der Waals surface area contributed by atoms with Gasteiger partial charge in [0.25, 0.3) is 0 Å². The maximum atomic E-state index is 13.1. The molecule has 0 aliphatic rings. The molecule has 4 heteroatoms. The molecule has 0 saturated heterocycles. The Kier molecular flexibility index (Phi) is 2.87. The van der Waals surface area contributed by atoms with Gasteiger partial charge >= 0.3 is 5.97 Å². The molecule has 0 aliphatic carbocycles. The van der Waals surface area contributed by atoms with Crippen molar-refractivity contribution in [2.24, 2.45) is 0 Å². The van der Waals surface area contributed by atoms with E-state index in [9.17, 15) is 9.18 Å². The number of aryl methyl sites for hydroxylation is 1. The summed E-state index contributed by atoms with van der Waals surface area (Å²) in [4.78, 5) is 14.8. The number of hydrogen-bond donors (Lipinski definition) is 1. The number of rotatable bonds is 2. The molecule has 0 fully saturated rings. The van der Waals surface area contributed by atoms with Crippen LogP contribution in [0.2, 0.25) is 0 Å². The summed E-state index contributed by atoms with van der Waals surface area (Å²) in [5.74, 6) is -1.41. The lowest BCUT2D eigenvalue weighted by Crippen LogP contribution is -2.02. The van der Waals surface area contributed by atoms with Gasteiger partial charge in [-0.15, -0.1) is 0 Å². The van der Waals surface area contributed by atoms with Gasteiger partial charge in [0.15, 0.2) is 5.69 Å². The number of carboxylic acids is 1. The lowest BCUT2D eigenvalue weighted by Gasteiger charge is -2.06. The Morgan fingerprint density at radius 1 is 1.35 bits per heavy atom. The number of nitrogens with zero attached hydrogens (tertiary/aromatic N) is 1. The quantitative estimate of drug-likeness (QED) is 0.864. The van der Waals surface area contributed by atoms with Crippen molar-refractivity contribution in [2.75, 3.05) is 0 Å². The summed E-state index contributed by atoms with van der Waals surface area (Å²) in [7, 11) is 0. The molecular formula is C13H10FNO2. The van der Waals surface area contributed by atoms with Crippen LogP contribution < -0.4 is 0 Å². The Balaban J connectivity index is 2.60. The first-order chi connectivity index (χ1) is 8.09. The molecule has 0 aliphatic heterocycles. The van der Waals surface area contributed by atoms with E-state index in [2.05, 4.69) is 4.98 Å². The molecule has 2 aromatic rings. The van der Waals surface area contributed by atoms with Gasteiger partial charge in [0, 0.05) is 11.8 Å². The topological polar surface area (TPSA) is 50.2 Å². The number of pyridine rings is 1. The molecule has 1 N–H and O–H groups in total. The molecule has 1 heterocycles. The third-order valence-corrected chi connectivity index (χ3v) is 2.48. The maximum absolute atomic E-state index is 13.1. The summed E-state index contributed by atoms with van der Waals surface area (Å²) < 4.78 is 13.1. The van der Waals surface area contributed by atoms with E-state index in [1.54, 1.807) is 31.2 Å². The van der Waals surface area contributed by atoms with Crippen LogP contribution >= 0.6 is 0 Å². The minimum Gasteiger partial charge on any atom is -0.476 e. The van der Waals surface area contributed by atoms with Gasteiger partial charge in [0.05, 0.1) is 0 Å². The first-order valence-electron chi connectivity index (χ1n) is 5.04. The van der Waals surface area contributed by atoms with Crippen LogP contribution in [0.25, 0.3) is 11.1 Å². The van der Waals surface area contributed by atoms with Crippen LogP contribution in [-0.2, 0) is 0 Å². The zero-order valence-corrected chi connectivity index (χ0v) is 9.14. The Morgan fingerprint density at radius 3 is 2.76 bits per heavy atom. The number of benzene rings is 1. The average Bonchev–Trinajstić information content (AvgIpc) is 2.32. The Labute approximate surface area is 97.6 Å². The van der Waals surface area contributed by atoms with Crippen molar-refractivity contribution in [3.63, 3.8) is 0 Å². The lowest BCUT2D eigenvalue weighted by molar-refractivity contribution is 0.0691. The van der Waals surface area contributed by atoms with Crippen LogP contribution in [0.4, 0.5) is 4.39 Å². The van der Waals surface area contributed by atoms with E-state index < -0.39 is 5.97 Å². The number of halogens is 1. The van der Waals surface area contributed by atoms with Crippen molar-refractivity contribution in [1.29, 1.82) is 0 Å². The molecule has 0 spiro atoms. The summed E-state index contributed by atoms with van der Waals surface area (Å²) in [5.41, 5.74) is 1.58. The Morgan fingerprint density at radius 2 is 2.12 bits per heavy atom. The van der Waals surface area contributed by atoms with Crippen LogP contribution in [0.1, 0.15) is 16.1 Å². The largest absolute Gasteiger partial charge is 0.476 e. The number of carbonyl (C=O) groups is 1. The van der Waals surface area contributed by atoms with Crippen LogP contribution in [0.15, 0.2) is 36.5 Å². The van der Waals surface area contributed by atoms with Crippen LogP contribution in [-0.4, -0.2) is 16.1 Å². The van der Waals surface area contributed by atoms with Gasteiger partial charge in [0.1, 0.15) is 5.82 Å². The van der Waals surface area contributed by atoms with Gasteiger partial charge in [-0.05, 0) is 36.2 Å². The SMILES string of the molecule is Cc1cc(-c2cccnc2C(=O)O)ccc1F. The fourth-order valence-electron chi connectivity index (χ4n) is 1.62. The monoisotopic (exact) mass is 231 g/mol. The first kappa shape index (κ1) is 11.3. The van der Waals surface area contributed by atoms with E-state index in [-0.39, 0.29) is 11.5 Å². The molecule has 3 nitrogen and oxygen atoms in total. The molecule has 86 valence electrons. The maximum Gasteiger partial charge on any atom is 0.355 e. The molecular weight excluding hydrogens is 221 g/mol. The molecule has 0 atom stereocenters. The number of carboxylic acid groups (broad SMARTS) is 1. The second-order valence-corrected chi connectivity index (χ2v) is 3.67. The van der Waals surface area contributed by atoms with E-state index in [1.807, 2.05) is 0 Å². The van der Waals surface area contributed by atoms with E-state index in [0.717, 1.165) is 0 Å². The first-order valence-corrected chi connectivity index (χ1v) is 5.04. The highest BCUT2D eigenvalue weighted by Gasteiger charge is 2.13. The molecule has 0 unspecified atom stereocenters. The summed E-state index contributed by atoms with van der Waals surface area (Å²) in [5, 5.41) is 9.01. The van der Waals surface area contributed by atoms with Crippen molar-refractivity contribution in [1.82, 2.24) is 4.98 Å². The van der Waals surface area contributed by atoms with Gasteiger partial charge in [-0.1, -0.05) is 12.1 Å². The van der Waals surface area contributed by atoms with Crippen molar-refractivity contribution < 1.29 is 14.3 Å². The van der Waals surface area contributed by atoms with Gasteiger partial charge in [-0.25, -0.2) is 14.2 Å². The summed E-state index contributed by atoms with van der Waals surface area (Å²) >= 11 is 0. The van der Waals surface area contributed by atoms with Crippen molar-refractivity contribution in [3.05, 3.63) is 53.6 Å². The van der Waals surface area contributed by atoms with E-state index in [4.69, 9.17) is 5.11 Å². The average molecular weight is 231 g/mol. The summed E-state index contributed by atoms with van der Waals surface area (Å²) in [6.07, 6.45) is 1.42. The smallest absolute Gasteiger partial charge is 0.355 e.